The average Bonchev–Trinajstić information content (AvgIpc) is 3.28. The van der Waals surface area contributed by atoms with Crippen molar-refractivity contribution < 1.29 is 34.3 Å². The molecule has 14 atom stereocenters. The van der Waals surface area contributed by atoms with Crippen LogP contribution in [0.3, 0.4) is 0 Å². The molecule has 162 valence electrons. The average molecular weight is 409 g/mol. The molecule has 2 saturated heterocycles. The zero-order valence-electron chi connectivity index (χ0n) is 17.1. The fourth-order valence-electron chi connectivity index (χ4n) is 10.1. The molecule has 2 heterocycles. The molecule has 0 amide bonds. The molecule has 8 nitrogen and oxygen atoms in total. The Morgan fingerprint density at radius 1 is 1.10 bits per heavy atom. The van der Waals surface area contributed by atoms with Gasteiger partial charge in [-0.3, -0.25) is 0 Å². The number of aliphatic hydroxyl groups excluding tert-OH is 2. The number of epoxide rings is 1. The van der Waals surface area contributed by atoms with E-state index in [0.29, 0.717) is 19.4 Å². The van der Waals surface area contributed by atoms with Gasteiger partial charge in [0.25, 0.3) is 0 Å². The van der Waals surface area contributed by atoms with Crippen LogP contribution in [0.2, 0.25) is 0 Å². The molecule has 0 radical (unpaired) electrons. The topological polar surface area (TPSA) is 113 Å². The van der Waals surface area contributed by atoms with E-state index in [1.54, 1.807) is 21.3 Å². The first-order valence-corrected chi connectivity index (χ1v) is 11.0. The molecule has 29 heavy (non-hydrogen) atoms. The molecule has 0 aromatic carbocycles. The third kappa shape index (κ3) is 1.46. The molecular formula is C21H31NO7. The minimum Gasteiger partial charge on any atom is -0.392 e. The van der Waals surface area contributed by atoms with E-state index >= 15 is 0 Å². The molecule has 7 aliphatic rings. The fraction of sp³-hybridized carbons (Fsp3) is 1.00. The Morgan fingerprint density at radius 3 is 2.59 bits per heavy atom. The summed E-state index contributed by atoms with van der Waals surface area (Å²) in [6.07, 6.45) is -0.169. The van der Waals surface area contributed by atoms with Crippen molar-refractivity contribution in [2.24, 2.45) is 29.1 Å². The molecule has 7 bridgehead atoms. The van der Waals surface area contributed by atoms with Gasteiger partial charge in [-0.2, -0.15) is 0 Å². The van der Waals surface area contributed by atoms with Crippen LogP contribution in [0.5, 0.6) is 0 Å². The Bertz CT molecular complexity index is 782. The molecular weight excluding hydrogens is 378 g/mol. The van der Waals surface area contributed by atoms with Gasteiger partial charge in [-0.1, -0.05) is 0 Å². The Balaban J connectivity index is 1.54. The van der Waals surface area contributed by atoms with Crippen LogP contribution in [-0.2, 0) is 18.9 Å². The van der Waals surface area contributed by atoms with E-state index in [2.05, 4.69) is 5.32 Å². The lowest BCUT2D eigenvalue weighted by Gasteiger charge is -2.65. The summed E-state index contributed by atoms with van der Waals surface area (Å²) in [6.45, 7) is 0.653. The number of hydrogen-bond acceptors (Lipinski definition) is 8. The van der Waals surface area contributed by atoms with Gasteiger partial charge in [-0.25, -0.2) is 0 Å². The highest BCUT2D eigenvalue weighted by Gasteiger charge is 2.94. The molecule has 8 heteroatoms. The quantitative estimate of drug-likeness (QED) is 0.424. The molecule has 4 N–H and O–H groups in total. The lowest BCUT2D eigenvalue weighted by molar-refractivity contribution is -0.304. The smallest absolute Gasteiger partial charge is 0.136 e. The number of nitrogens with one attached hydrogen (secondary N) is 1. The van der Waals surface area contributed by atoms with E-state index in [1.807, 2.05) is 0 Å². The first-order chi connectivity index (χ1) is 13.9. The molecule has 2 spiro atoms. The van der Waals surface area contributed by atoms with Crippen molar-refractivity contribution in [1.82, 2.24) is 5.32 Å². The van der Waals surface area contributed by atoms with Gasteiger partial charge in [0.2, 0.25) is 0 Å². The minimum atomic E-state index is -1.40. The molecule has 2 aliphatic heterocycles. The van der Waals surface area contributed by atoms with Crippen molar-refractivity contribution in [2.75, 3.05) is 27.9 Å². The number of methoxy groups -OCH3 is 3. The van der Waals surface area contributed by atoms with Gasteiger partial charge in [-0.15, -0.1) is 0 Å². The van der Waals surface area contributed by atoms with Gasteiger partial charge in [-0.05, 0) is 12.3 Å². The maximum atomic E-state index is 12.6. The lowest BCUT2D eigenvalue weighted by Crippen LogP contribution is -2.81. The van der Waals surface area contributed by atoms with Crippen LogP contribution < -0.4 is 5.32 Å². The predicted molar refractivity (Wildman–Crippen MR) is 97.9 cm³/mol. The van der Waals surface area contributed by atoms with Gasteiger partial charge in [0.05, 0.1) is 36.6 Å². The van der Waals surface area contributed by atoms with Crippen molar-refractivity contribution in [1.29, 1.82) is 0 Å². The first-order valence-electron chi connectivity index (χ1n) is 11.0. The number of ether oxygens (including phenoxy) is 4. The van der Waals surface area contributed by atoms with E-state index in [1.165, 1.54) is 0 Å². The Hall–Kier alpha value is -0.320. The maximum Gasteiger partial charge on any atom is 0.136 e. The van der Waals surface area contributed by atoms with Crippen molar-refractivity contribution >= 4 is 0 Å². The predicted octanol–water partition coefficient (Wildman–Crippen LogP) is -1.35. The van der Waals surface area contributed by atoms with Crippen LogP contribution in [0.25, 0.3) is 0 Å². The summed E-state index contributed by atoms with van der Waals surface area (Å²) in [5, 5.41) is 39.2. The van der Waals surface area contributed by atoms with Crippen LogP contribution in [-0.4, -0.2) is 96.6 Å². The van der Waals surface area contributed by atoms with E-state index in [9.17, 15) is 15.3 Å². The van der Waals surface area contributed by atoms with Crippen molar-refractivity contribution in [3.05, 3.63) is 0 Å². The number of fused-ring (bicyclic) bond motifs is 2. The van der Waals surface area contributed by atoms with E-state index in [-0.39, 0.29) is 41.9 Å². The molecule has 5 saturated carbocycles. The van der Waals surface area contributed by atoms with E-state index < -0.39 is 40.5 Å². The number of rotatable bonds is 3. The van der Waals surface area contributed by atoms with Crippen LogP contribution in [0, 0.1) is 29.1 Å². The fourth-order valence-corrected chi connectivity index (χ4v) is 10.1. The summed E-state index contributed by atoms with van der Waals surface area (Å²) >= 11 is 0. The standard InChI is InChI=1S/C21H31NO7/c1-26-10-6-19(28-3)13-9(4-8(10)14(13)24)20-11(23)5-12-18(29-12)7-22-17(20)21(19,25)16(27-2)15(18)20/h8-17,22-25H,4-7H2,1-3H3/t8-,9-,10?,11?,12?,13-,14?,15-,16?,17+,18+,19-,20+,21-/m1/s1. The van der Waals surface area contributed by atoms with Crippen LogP contribution in [0.4, 0.5) is 0 Å². The summed E-state index contributed by atoms with van der Waals surface area (Å²) in [6, 6.07) is -0.376. The highest BCUT2D eigenvalue weighted by molar-refractivity contribution is 5.44. The number of piperidine rings is 1. The molecule has 5 unspecified atom stereocenters. The van der Waals surface area contributed by atoms with Crippen molar-refractivity contribution in [3.63, 3.8) is 0 Å². The second-order valence-corrected chi connectivity index (χ2v) is 10.7. The summed E-state index contributed by atoms with van der Waals surface area (Å²) in [4.78, 5) is 0. The first kappa shape index (κ1) is 18.3. The summed E-state index contributed by atoms with van der Waals surface area (Å²) in [7, 11) is 4.94. The highest BCUT2D eigenvalue weighted by Crippen LogP contribution is 2.80. The summed E-state index contributed by atoms with van der Waals surface area (Å²) in [5.41, 5.74) is -3.42. The molecule has 7 fully saturated rings. The van der Waals surface area contributed by atoms with Gasteiger partial charge in [0, 0.05) is 63.9 Å². The van der Waals surface area contributed by atoms with E-state index in [4.69, 9.17) is 18.9 Å². The zero-order chi connectivity index (χ0) is 20.1. The van der Waals surface area contributed by atoms with Gasteiger partial charge < -0.3 is 39.6 Å². The molecule has 0 aromatic rings. The summed E-state index contributed by atoms with van der Waals surface area (Å²) < 4.78 is 24.4. The largest absolute Gasteiger partial charge is 0.392 e. The lowest BCUT2D eigenvalue weighted by atomic mass is 9.45. The Kier molecular flexibility index (Phi) is 3.16. The molecule has 0 aromatic heterocycles. The normalized spacial score (nSPS) is 70.6. The second kappa shape index (κ2) is 5.02. The second-order valence-electron chi connectivity index (χ2n) is 10.7. The molecule has 7 rings (SSSR count). The SMILES string of the molecule is COC1C[C@@]2(OC)[C@H]3C(O)[C@@H]1C[C@H]3[C@@]13C(O)CC4O[C@@]45CN[C@@H]1[C@]2(O)C(OC)[C@@H]35. The van der Waals surface area contributed by atoms with Gasteiger partial charge in [0.15, 0.2) is 0 Å². The third-order valence-electron chi connectivity index (χ3n) is 10.7. The van der Waals surface area contributed by atoms with Gasteiger partial charge >= 0.3 is 0 Å². The minimum absolute atomic E-state index is 0.00264. The van der Waals surface area contributed by atoms with Gasteiger partial charge in [0.1, 0.15) is 16.8 Å². The monoisotopic (exact) mass is 409 g/mol. The van der Waals surface area contributed by atoms with Crippen molar-refractivity contribution in [3.8, 4) is 0 Å². The van der Waals surface area contributed by atoms with Crippen LogP contribution in [0.1, 0.15) is 19.3 Å². The summed E-state index contributed by atoms with van der Waals surface area (Å²) in [5.74, 6) is -0.407. The number of aliphatic hydroxyl groups is 3. The third-order valence-corrected chi connectivity index (χ3v) is 10.7. The number of hydrogen-bond donors (Lipinski definition) is 4. The Morgan fingerprint density at radius 2 is 1.90 bits per heavy atom. The van der Waals surface area contributed by atoms with Crippen molar-refractivity contribution in [2.45, 2.75) is 72.6 Å². The zero-order valence-corrected chi connectivity index (χ0v) is 17.1. The van der Waals surface area contributed by atoms with Crippen LogP contribution >= 0.6 is 0 Å². The maximum absolute atomic E-state index is 12.6. The Labute approximate surface area is 169 Å². The van der Waals surface area contributed by atoms with Crippen LogP contribution in [0.15, 0.2) is 0 Å². The van der Waals surface area contributed by atoms with E-state index in [0.717, 1.165) is 6.42 Å². The highest BCUT2D eigenvalue weighted by atomic mass is 16.6. The molecule has 5 aliphatic carbocycles.